The SMILES string of the molecule is CCN(CC)C1CCC(NC(=O)O[C@H]2CC[C@@]3(C)[C@H](CC[C@@H]4[C@@H]3CC[C@]3(C)[C@@H](c5ccc(=O)oc5)CC[C@]43O)C2)CC1. The molecular formula is C35H54N2O5. The van der Waals surface area contributed by atoms with E-state index in [0.29, 0.717) is 23.8 Å². The molecule has 5 aliphatic rings. The van der Waals surface area contributed by atoms with Gasteiger partial charge in [-0.05, 0) is 137 Å². The lowest BCUT2D eigenvalue weighted by molar-refractivity contribution is -0.205. The summed E-state index contributed by atoms with van der Waals surface area (Å²) in [7, 11) is 0. The van der Waals surface area contributed by atoms with Crippen molar-refractivity contribution in [3.8, 4) is 0 Å². The Labute approximate surface area is 252 Å². The Bertz CT molecular complexity index is 1150. The van der Waals surface area contributed by atoms with Crippen molar-refractivity contribution in [3.63, 3.8) is 0 Å². The summed E-state index contributed by atoms with van der Waals surface area (Å²) in [6.07, 6.45) is 14.7. The number of fused-ring (bicyclic) bond motifs is 5. The van der Waals surface area contributed by atoms with Gasteiger partial charge in [0, 0.05) is 23.6 Å². The summed E-state index contributed by atoms with van der Waals surface area (Å²) in [5, 5.41) is 15.7. The monoisotopic (exact) mass is 582 g/mol. The number of carbonyl (C=O) groups is 1. The van der Waals surface area contributed by atoms with E-state index < -0.39 is 5.60 Å². The fraction of sp³-hybridized carbons (Fsp3) is 0.829. The van der Waals surface area contributed by atoms with Gasteiger partial charge < -0.3 is 24.5 Å². The zero-order chi connectivity index (χ0) is 29.7. The van der Waals surface area contributed by atoms with Crippen molar-refractivity contribution in [2.45, 2.75) is 141 Å². The van der Waals surface area contributed by atoms with E-state index in [1.165, 1.54) is 6.07 Å². The Hall–Kier alpha value is -1.86. The number of aliphatic hydroxyl groups is 1. The number of ether oxygens (including phenoxy) is 1. The normalized spacial score (nSPS) is 43.2. The van der Waals surface area contributed by atoms with Crippen molar-refractivity contribution in [1.29, 1.82) is 0 Å². The van der Waals surface area contributed by atoms with Crippen LogP contribution in [0.15, 0.2) is 27.6 Å². The van der Waals surface area contributed by atoms with Gasteiger partial charge in [-0.1, -0.05) is 27.7 Å². The maximum absolute atomic E-state index is 12.9. The number of hydrogen-bond acceptors (Lipinski definition) is 6. The van der Waals surface area contributed by atoms with E-state index in [1.807, 2.05) is 6.07 Å². The molecule has 7 heteroatoms. The lowest BCUT2D eigenvalue weighted by Gasteiger charge is -2.63. The molecule has 1 heterocycles. The van der Waals surface area contributed by atoms with E-state index in [1.54, 1.807) is 6.26 Å². The van der Waals surface area contributed by atoms with Crippen LogP contribution in [0.1, 0.15) is 123 Å². The first kappa shape index (κ1) is 30.2. The molecule has 0 bridgehead atoms. The molecule has 0 saturated heterocycles. The van der Waals surface area contributed by atoms with Crippen molar-refractivity contribution >= 4 is 6.09 Å². The maximum Gasteiger partial charge on any atom is 0.407 e. The van der Waals surface area contributed by atoms with Gasteiger partial charge in [-0.3, -0.25) is 0 Å². The third-order valence-electron chi connectivity index (χ3n) is 13.6. The summed E-state index contributed by atoms with van der Waals surface area (Å²) >= 11 is 0. The molecule has 8 atom stereocenters. The van der Waals surface area contributed by atoms with Gasteiger partial charge in [-0.15, -0.1) is 0 Å². The lowest BCUT2D eigenvalue weighted by atomic mass is 9.43. The molecule has 1 aromatic heterocycles. The highest BCUT2D eigenvalue weighted by Crippen LogP contribution is 2.70. The Kier molecular flexibility index (Phi) is 8.32. The Morgan fingerprint density at radius 3 is 2.43 bits per heavy atom. The third-order valence-corrected chi connectivity index (χ3v) is 13.6. The van der Waals surface area contributed by atoms with Gasteiger partial charge >= 0.3 is 11.7 Å². The minimum absolute atomic E-state index is 0.00724. The minimum atomic E-state index is -0.692. The molecule has 42 heavy (non-hydrogen) atoms. The van der Waals surface area contributed by atoms with E-state index in [9.17, 15) is 14.7 Å². The van der Waals surface area contributed by atoms with Gasteiger partial charge in [0.15, 0.2) is 0 Å². The molecule has 6 rings (SSSR count). The minimum Gasteiger partial charge on any atom is -0.446 e. The summed E-state index contributed by atoms with van der Waals surface area (Å²) in [6, 6.07) is 4.30. The Balaban J connectivity index is 1.06. The quantitative estimate of drug-likeness (QED) is 0.391. The predicted octanol–water partition coefficient (Wildman–Crippen LogP) is 6.63. The summed E-state index contributed by atoms with van der Waals surface area (Å²) in [6.45, 7) is 11.4. The predicted molar refractivity (Wildman–Crippen MR) is 163 cm³/mol. The van der Waals surface area contributed by atoms with E-state index in [-0.39, 0.29) is 40.6 Å². The fourth-order valence-corrected chi connectivity index (χ4v) is 11.1. The van der Waals surface area contributed by atoms with Crippen LogP contribution in [0.2, 0.25) is 0 Å². The zero-order valence-corrected chi connectivity index (χ0v) is 26.4. The number of carbonyl (C=O) groups excluding carboxylic acids is 1. The van der Waals surface area contributed by atoms with Gasteiger partial charge in [0.2, 0.25) is 0 Å². The molecule has 5 fully saturated rings. The van der Waals surface area contributed by atoms with Gasteiger partial charge in [-0.25, -0.2) is 9.59 Å². The average molecular weight is 583 g/mol. The molecule has 0 spiro atoms. The number of rotatable bonds is 6. The Morgan fingerprint density at radius 2 is 1.74 bits per heavy atom. The van der Waals surface area contributed by atoms with Gasteiger partial charge in [0.05, 0.1) is 11.9 Å². The molecule has 2 N–H and O–H groups in total. The summed E-state index contributed by atoms with van der Waals surface area (Å²) < 4.78 is 11.3. The van der Waals surface area contributed by atoms with Crippen LogP contribution in [0.3, 0.4) is 0 Å². The van der Waals surface area contributed by atoms with Crippen molar-refractivity contribution in [2.75, 3.05) is 13.1 Å². The van der Waals surface area contributed by atoms with Crippen LogP contribution < -0.4 is 10.9 Å². The summed E-state index contributed by atoms with van der Waals surface area (Å²) in [5.74, 6) is 1.54. The van der Waals surface area contributed by atoms with E-state index in [2.05, 4.69) is 37.9 Å². The molecule has 1 aromatic rings. The lowest BCUT2D eigenvalue weighted by Crippen LogP contribution is -2.62. The standard InChI is InChI=1S/C35H54N2O5/c1-5-37(6-2)26-11-9-25(10-12-26)36-32(39)42-27-15-18-33(3)24(21-27)8-13-30-29(33)16-19-34(4)28(17-20-35(30,34)40)23-7-14-31(38)41-22-23/h7,14,22,24-30,40H,5-6,8-13,15-21H2,1-4H3,(H,36,39)/t24-,25?,26?,27+,28-,29+,30-,33+,34-,35+/m1/s1. The second kappa shape index (κ2) is 11.6. The van der Waals surface area contributed by atoms with Crippen molar-refractivity contribution in [1.82, 2.24) is 10.2 Å². The highest BCUT2D eigenvalue weighted by Gasteiger charge is 2.67. The third kappa shape index (κ3) is 5.04. The summed E-state index contributed by atoms with van der Waals surface area (Å²) in [5.41, 5.74) is 0.0144. The van der Waals surface area contributed by atoms with Crippen LogP contribution in [-0.4, -0.2) is 53.0 Å². The van der Waals surface area contributed by atoms with Gasteiger partial charge in [0.1, 0.15) is 6.10 Å². The number of alkyl carbamates (subject to hydrolysis) is 1. The van der Waals surface area contributed by atoms with Crippen molar-refractivity contribution < 1.29 is 19.1 Å². The second-order valence-corrected chi connectivity index (χ2v) is 15.0. The largest absolute Gasteiger partial charge is 0.446 e. The Morgan fingerprint density at radius 1 is 0.976 bits per heavy atom. The van der Waals surface area contributed by atoms with Crippen LogP contribution >= 0.6 is 0 Å². The van der Waals surface area contributed by atoms with Crippen molar-refractivity contribution in [3.05, 3.63) is 34.4 Å². The molecule has 0 aliphatic heterocycles. The highest BCUT2D eigenvalue weighted by atomic mass is 16.6. The fourth-order valence-electron chi connectivity index (χ4n) is 11.1. The van der Waals surface area contributed by atoms with Crippen LogP contribution in [0, 0.1) is 28.6 Å². The van der Waals surface area contributed by atoms with Crippen LogP contribution in [0.5, 0.6) is 0 Å². The van der Waals surface area contributed by atoms with Crippen LogP contribution in [-0.2, 0) is 4.74 Å². The van der Waals surface area contributed by atoms with E-state index in [0.717, 1.165) is 102 Å². The molecule has 0 radical (unpaired) electrons. The van der Waals surface area contributed by atoms with Crippen molar-refractivity contribution in [2.24, 2.45) is 28.6 Å². The zero-order valence-electron chi connectivity index (χ0n) is 26.4. The molecule has 234 valence electrons. The molecule has 5 saturated carbocycles. The first-order chi connectivity index (χ1) is 20.1. The average Bonchev–Trinajstić information content (AvgIpc) is 3.26. The smallest absolute Gasteiger partial charge is 0.407 e. The second-order valence-electron chi connectivity index (χ2n) is 15.0. The van der Waals surface area contributed by atoms with Crippen LogP contribution in [0.25, 0.3) is 0 Å². The summed E-state index contributed by atoms with van der Waals surface area (Å²) in [4.78, 5) is 27.1. The first-order valence-corrected chi connectivity index (χ1v) is 17.1. The van der Waals surface area contributed by atoms with E-state index in [4.69, 9.17) is 9.15 Å². The van der Waals surface area contributed by atoms with Gasteiger partial charge in [-0.2, -0.15) is 0 Å². The topological polar surface area (TPSA) is 92.0 Å². The number of nitrogens with one attached hydrogen (secondary N) is 1. The number of hydrogen-bond donors (Lipinski definition) is 2. The molecule has 7 nitrogen and oxygen atoms in total. The first-order valence-electron chi connectivity index (χ1n) is 17.1. The molecule has 0 aromatic carbocycles. The number of nitrogens with zero attached hydrogens (tertiary/aromatic N) is 1. The van der Waals surface area contributed by atoms with E-state index >= 15 is 0 Å². The highest BCUT2D eigenvalue weighted by molar-refractivity contribution is 5.67. The molecule has 1 amide bonds. The molecular weight excluding hydrogens is 528 g/mol. The number of amides is 1. The van der Waals surface area contributed by atoms with Crippen LogP contribution in [0.4, 0.5) is 4.79 Å². The van der Waals surface area contributed by atoms with Gasteiger partial charge in [0.25, 0.3) is 0 Å². The molecule has 5 aliphatic carbocycles. The maximum atomic E-state index is 12.9. The molecule has 0 unspecified atom stereocenters.